The highest BCUT2D eigenvalue weighted by Gasteiger charge is 2.01. The molecule has 0 aliphatic carbocycles. The highest BCUT2D eigenvalue weighted by molar-refractivity contribution is 5.81. The van der Waals surface area contributed by atoms with Gasteiger partial charge in [-0.25, -0.2) is 4.79 Å². The molecule has 0 saturated carbocycles. The third kappa shape index (κ3) is 4.53. The lowest BCUT2D eigenvalue weighted by molar-refractivity contribution is -0.137. The van der Waals surface area contributed by atoms with E-state index in [0.717, 1.165) is 0 Å². The van der Waals surface area contributed by atoms with Crippen LogP contribution in [0.15, 0.2) is 30.4 Å². The van der Waals surface area contributed by atoms with Crippen molar-refractivity contribution in [3.63, 3.8) is 0 Å². The van der Waals surface area contributed by atoms with E-state index in [1.165, 1.54) is 6.08 Å². The van der Waals surface area contributed by atoms with Crippen molar-refractivity contribution in [3.8, 4) is 12.1 Å². The minimum absolute atomic E-state index is 0.321. The molecular weight excluding hydrogens is 242 g/mol. The molecule has 96 valence electrons. The summed E-state index contributed by atoms with van der Waals surface area (Å²) in [4.78, 5) is 11.0. The first-order valence-electron chi connectivity index (χ1n) is 5.72. The Morgan fingerprint density at radius 3 is 2.74 bits per heavy atom. The molecule has 0 bridgehead atoms. The monoisotopic (exact) mass is 255 g/mol. The lowest BCUT2D eigenvalue weighted by Crippen LogP contribution is -2.02. The van der Waals surface area contributed by atoms with Crippen molar-refractivity contribution in [2.45, 2.75) is 6.92 Å². The fourth-order valence-electron chi connectivity index (χ4n) is 1.37. The molecule has 0 amide bonds. The zero-order valence-electron chi connectivity index (χ0n) is 10.5. The molecule has 0 radical (unpaired) electrons. The molecular formula is C14H13N3O2. The van der Waals surface area contributed by atoms with Gasteiger partial charge >= 0.3 is 5.97 Å². The highest BCUT2D eigenvalue weighted by atomic mass is 16.5. The van der Waals surface area contributed by atoms with Crippen molar-refractivity contribution in [2.24, 2.45) is 0 Å². The molecule has 0 saturated heterocycles. The van der Waals surface area contributed by atoms with E-state index < -0.39 is 0 Å². The molecule has 0 aromatic heterocycles. The minimum atomic E-state index is -0.387. The van der Waals surface area contributed by atoms with Crippen molar-refractivity contribution in [1.29, 1.82) is 10.5 Å². The number of nitriles is 2. The number of nitrogens with one attached hydrogen (secondary N) is 1. The largest absolute Gasteiger partial charge is 0.463 e. The molecule has 19 heavy (non-hydrogen) atoms. The Balaban J connectivity index is 2.58. The average molecular weight is 255 g/mol. The summed E-state index contributed by atoms with van der Waals surface area (Å²) in [6.45, 7) is 2.51. The lowest BCUT2D eigenvalue weighted by Gasteiger charge is -2.04. The first-order chi connectivity index (χ1) is 9.21. The van der Waals surface area contributed by atoms with Gasteiger partial charge in [0.15, 0.2) is 0 Å². The van der Waals surface area contributed by atoms with Crippen LogP contribution in [0, 0.1) is 22.7 Å². The average Bonchev–Trinajstić information content (AvgIpc) is 2.43. The Kier molecular flexibility index (Phi) is 5.65. The van der Waals surface area contributed by atoms with E-state index in [9.17, 15) is 4.79 Å². The van der Waals surface area contributed by atoms with Crippen LogP contribution in [0.5, 0.6) is 0 Å². The second-order valence-electron chi connectivity index (χ2n) is 3.52. The fourth-order valence-corrected chi connectivity index (χ4v) is 1.37. The van der Waals surface area contributed by atoms with Gasteiger partial charge in [-0.1, -0.05) is 6.08 Å². The van der Waals surface area contributed by atoms with Crippen LogP contribution in [-0.4, -0.2) is 19.1 Å². The zero-order chi connectivity index (χ0) is 14.1. The Labute approximate surface area is 111 Å². The summed E-state index contributed by atoms with van der Waals surface area (Å²) in [5.41, 5.74) is 1.38. The summed E-state index contributed by atoms with van der Waals surface area (Å²) in [5, 5.41) is 20.7. The first-order valence-corrected chi connectivity index (χ1v) is 5.72. The Hall–Kier alpha value is -2.79. The number of anilines is 1. The predicted molar refractivity (Wildman–Crippen MR) is 70.1 cm³/mol. The molecule has 0 unspecified atom stereocenters. The molecule has 0 heterocycles. The van der Waals surface area contributed by atoms with E-state index in [-0.39, 0.29) is 5.97 Å². The van der Waals surface area contributed by atoms with Crippen molar-refractivity contribution in [3.05, 3.63) is 41.5 Å². The van der Waals surface area contributed by atoms with Crippen molar-refractivity contribution >= 4 is 11.7 Å². The van der Waals surface area contributed by atoms with Gasteiger partial charge in [0, 0.05) is 18.3 Å². The second kappa shape index (κ2) is 7.52. The molecule has 0 spiro atoms. The standard InChI is InChI=1S/C14H13N3O2/c1-2-19-14(18)4-3-7-17-13-6-5-11(9-15)12(8-13)10-16/h3-6,8,17H,2,7H2,1H3/b4-3+. The van der Waals surface area contributed by atoms with Gasteiger partial charge in [-0.2, -0.15) is 10.5 Å². The van der Waals surface area contributed by atoms with E-state index in [1.807, 2.05) is 12.1 Å². The van der Waals surface area contributed by atoms with E-state index in [4.69, 9.17) is 15.3 Å². The van der Waals surface area contributed by atoms with Crippen molar-refractivity contribution < 1.29 is 9.53 Å². The Morgan fingerprint density at radius 2 is 2.11 bits per heavy atom. The number of rotatable bonds is 5. The number of hydrogen-bond donors (Lipinski definition) is 1. The number of hydrogen-bond acceptors (Lipinski definition) is 5. The van der Waals surface area contributed by atoms with Gasteiger partial charge in [-0.3, -0.25) is 0 Å². The van der Waals surface area contributed by atoms with Crippen LogP contribution in [0.25, 0.3) is 0 Å². The van der Waals surface area contributed by atoms with Crippen LogP contribution >= 0.6 is 0 Å². The van der Waals surface area contributed by atoms with Gasteiger partial charge in [0.05, 0.1) is 17.7 Å². The van der Waals surface area contributed by atoms with Gasteiger partial charge in [-0.15, -0.1) is 0 Å². The van der Waals surface area contributed by atoms with Gasteiger partial charge in [0.1, 0.15) is 12.1 Å². The quantitative estimate of drug-likeness (QED) is 0.642. The van der Waals surface area contributed by atoms with Crippen LogP contribution in [0.2, 0.25) is 0 Å². The van der Waals surface area contributed by atoms with E-state index in [1.54, 1.807) is 31.2 Å². The summed E-state index contributed by atoms with van der Waals surface area (Å²) >= 11 is 0. The third-order valence-electron chi connectivity index (χ3n) is 2.23. The molecule has 0 atom stereocenters. The van der Waals surface area contributed by atoms with Crippen LogP contribution in [0.1, 0.15) is 18.1 Å². The second-order valence-corrected chi connectivity index (χ2v) is 3.52. The van der Waals surface area contributed by atoms with Crippen LogP contribution in [0.3, 0.4) is 0 Å². The van der Waals surface area contributed by atoms with Crippen LogP contribution in [0.4, 0.5) is 5.69 Å². The first kappa shape index (κ1) is 14.3. The topological polar surface area (TPSA) is 85.9 Å². The van der Waals surface area contributed by atoms with E-state index in [2.05, 4.69) is 5.32 Å². The zero-order valence-corrected chi connectivity index (χ0v) is 10.5. The predicted octanol–water partition coefficient (Wildman–Crippen LogP) is 1.96. The maximum Gasteiger partial charge on any atom is 0.330 e. The van der Waals surface area contributed by atoms with Crippen molar-refractivity contribution in [2.75, 3.05) is 18.5 Å². The summed E-state index contributed by atoms with van der Waals surface area (Å²) in [7, 11) is 0. The van der Waals surface area contributed by atoms with Crippen LogP contribution < -0.4 is 5.32 Å². The third-order valence-corrected chi connectivity index (χ3v) is 2.23. The number of esters is 1. The SMILES string of the molecule is CCOC(=O)/C=C/CNc1ccc(C#N)c(C#N)c1. The molecule has 0 fully saturated rings. The highest BCUT2D eigenvalue weighted by Crippen LogP contribution is 2.14. The fraction of sp³-hybridized carbons (Fsp3) is 0.214. The summed E-state index contributed by atoms with van der Waals surface area (Å²) in [6.07, 6.45) is 2.97. The number of carbonyl (C=O) groups is 1. The van der Waals surface area contributed by atoms with Gasteiger partial charge in [0.25, 0.3) is 0 Å². The Morgan fingerprint density at radius 1 is 1.37 bits per heavy atom. The molecule has 0 aliphatic rings. The maximum absolute atomic E-state index is 11.0. The molecule has 1 aromatic carbocycles. The normalized spacial score (nSPS) is 9.63. The molecule has 1 rings (SSSR count). The molecule has 1 aromatic rings. The minimum Gasteiger partial charge on any atom is -0.463 e. The number of ether oxygens (including phenoxy) is 1. The van der Waals surface area contributed by atoms with Gasteiger partial charge in [0.2, 0.25) is 0 Å². The Bertz CT molecular complexity index is 565. The van der Waals surface area contributed by atoms with Crippen LogP contribution in [-0.2, 0) is 9.53 Å². The molecule has 1 N–H and O–H groups in total. The van der Waals surface area contributed by atoms with Crippen molar-refractivity contribution in [1.82, 2.24) is 0 Å². The summed E-state index contributed by atoms with van der Waals surface area (Å²) in [5.74, 6) is -0.387. The number of benzene rings is 1. The lowest BCUT2D eigenvalue weighted by atomic mass is 10.1. The van der Waals surface area contributed by atoms with Gasteiger partial charge < -0.3 is 10.1 Å². The summed E-state index contributed by atoms with van der Waals surface area (Å²) in [6, 6.07) is 8.78. The summed E-state index contributed by atoms with van der Waals surface area (Å²) < 4.78 is 4.73. The molecule has 5 nitrogen and oxygen atoms in total. The maximum atomic E-state index is 11.0. The van der Waals surface area contributed by atoms with E-state index >= 15 is 0 Å². The number of carbonyl (C=O) groups excluding carboxylic acids is 1. The van der Waals surface area contributed by atoms with E-state index in [0.29, 0.717) is 30.0 Å². The smallest absolute Gasteiger partial charge is 0.330 e. The molecule has 5 heteroatoms. The number of nitrogens with zero attached hydrogens (tertiary/aromatic N) is 2. The molecule has 0 aliphatic heterocycles. The van der Waals surface area contributed by atoms with Gasteiger partial charge in [-0.05, 0) is 25.1 Å².